The number of carbonyl (C=O) groups is 1. The van der Waals surface area contributed by atoms with E-state index in [0.29, 0.717) is 28.0 Å². The van der Waals surface area contributed by atoms with Crippen LogP contribution in [-0.4, -0.2) is 24.0 Å². The van der Waals surface area contributed by atoms with E-state index in [1.807, 2.05) is 30.3 Å². The molecule has 2 saturated heterocycles. The van der Waals surface area contributed by atoms with Crippen LogP contribution in [0.2, 0.25) is 5.02 Å². The van der Waals surface area contributed by atoms with Gasteiger partial charge >= 0.3 is 0 Å². The second-order valence-electron chi connectivity index (χ2n) is 6.04. The van der Waals surface area contributed by atoms with Crippen molar-refractivity contribution in [1.29, 1.82) is 0 Å². The number of amides is 1. The number of carbonyl (C=O) groups excluding carboxylic acids is 1. The molecular formula is C17H17ClN2O2S. The van der Waals surface area contributed by atoms with Crippen LogP contribution in [0.5, 0.6) is 0 Å². The highest BCUT2D eigenvalue weighted by molar-refractivity contribution is 7.99. The maximum absolute atomic E-state index is 12.3. The summed E-state index contributed by atoms with van der Waals surface area (Å²) in [4.78, 5) is 13.3. The Labute approximate surface area is 144 Å². The first kappa shape index (κ1) is 15.1. The zero-order valence-electron chi connectivity index (χ0n) is 12.4. The summed E-state index contributed by atoms with van der Waals surface area (Å²) in [5.41, 5.74) is 0. The van der Waals surface area contributed by atoms with Crippen molar-refractivity contribution >= 4 is 29.3 Å². The fraction of sp³-hybridized carbons (Fsp3) is 0.353. The minimum atomic E-state index is -0.137. The van der Waals surface area contributed by atoms with Crippen molar-refractivity contribution in [3.63, 3.8) is 0 Å². The lowest BCUT2D eigenvalue weighted by molar-refractivity contribution is 0.0897. The van der Waals surface area contributed by atoms with Crippen molar-refractivity contribution in [2.24, 2.45) is 0 Å². The number of benzene rings is 1. The van der Waals surface area contributed by atoms with Crippen molar-refractivity contribution in [2.45, 2.75) is 47.4 Å². The summed E-state index contributed by atoms with van der Waals surface area (Å²) in [7, 11) is 0. The first-order valence-electron chi connectivity index (χ1n) is 7.77. The Morgan fingerprint density at radius 1 is 1.30 bits per heavy atom. The number of halogens is 1. The maximum Gasteiger partial charge on any atom is 0.287 e. The van der Waals surface area contributed by atoms with E-state index in [4.69, 9.17) is 16.0 Å². The first-order valence-corrected chi connectivity index (χ1v) is 8.97. The second-order valence-corrected chi connectivity index (χ2v) is 7.56. The number of hydrogen-bond acceptors (Lipinski definition) is 4. The van der Waals surface area contributed by atoms with E-state index in [1.165, 1.54) is 18.2 Å². The summed E-state index contributed by atoms with van der Waals surface area (Å²) in [6.45, 7) is 0. The van der Waals surface area contributed by atoms with Crippen molar-refractivity contribution in [1.82, 2.24) is 10.6 Å². The number of nitrogens with one attached hydrogen (secondary N) is 2. The largest absolute Gasteiger partial charge is 0.444 e. The Kier molecular flexibility index (Phi) is 4.09. The van der Waals surface area contributed by atoms with Gasteiger partial charge in [0.05, 0.1) is 0 Å². The van der Waals surface area contributed by atoms with Crippen LogP contribution in [0.25, 0.3) is 0 Å². The quantitative estimate of drug-likeness (QED) is 0.884. The monoisotopic (exact) mass is 348 g/mol. The van der Waals surface area contributed by atoms with Gasteiger partial charge in [0.15, 0.2) is 10.9 Å². The van der Waals surface area contributed by atoms with Gasteiger partial charge in [-0.25, -0.2) is 0 Å². The lowest BCUT2D eigenvalue weighted by atomic mass is 9.95. The minimum absolute atomic E-state index is 0.137. The highest BCUT2D eigenvalue weighted by Crippen LogP contribution is 2.31. The van der Waals surface area contributed by atoms with Crippen LogP contribution < -0.4 is 10.6 Å². The number of rotatable bonds is 4. The molecule has 23 heavy (non-hydrogen) atoms. The van der Waals surface area contributed by atoms with Gasteiger partial charge in [-0.2, -0.15) is 0 Å². The third-order valence-corrected chi connectivity index (χ3v) is 5.58. The summed E-state index contributed by atoms with van der Waals surface area (Å²) < 4.78 is 5.67. The van der Waals surface area contributed by atoms with E-state index in [9.17, 15) is 4.79 Å². The number of fused-ring (bicyclic) bond motifs is 2. The summed E-state index contributed by atoms with van der Waals surface area (Å²) >= 11 is 7.43. The van der Waals surface area contributed by atoms with Crippen LogP contribution in [0.4, 0.5) is 0 Å². The summed E-state index contributed by atoms with van der Waals surface area (Å²) in [5, 5.41) is 7.97. The fourth-order valence-electron chi connectivity index (χ4n) is 3.37. The van der Waals surface area contributed by atoms with Gasteiger partial charge in [-0.15, -0.1) is 0 Å². The molecule has 4 nitrogen and oxygen atoms in total. The molecule has 0 radical (unpaired) electrons. The molecule has 4 rings (SSSR count). The molecule has 6 heteroatoms. The molecule has 0 spiro atoms. The van der Waals surface area contributed by atoms with E-state index >= 15 is 0 Å². The Bertz CT molecular complexity index is 733. The highest BCUT2D eigenvalue weighted by Gasteiger charge is 2.39. The molecule has 3 atom stereocenters. The molecule has 2 bridgehead atoms. The van der Waals surface area contributed by atoms with Gasteiger partial charge in [-0.05, 0) is 49.6 Å². The molecule has 120 valence electrons. The van der Waals surface area contributed by atoms with Gasteiger partial charge in [0, 0.05) is 28.0 Å². The van der Waals surface area contributed by atoms with Crippen LogP contribution in [0.3, 0.4) is 0 Å². The Morgan fingerprint density at radius 3 is 2.96 bits per heavy atom. The van der Waals surface area contributed by atoms with Gasteiger partial charge in [0.1, 0.15) is 0 Å². The van der Waals surface area contributed by atoms with E-state index in [1.54, 1.807) is 6.07 Å². The highest BCUT2D eigenvalue weighted by atomic mass is 35.5. The Hall–Kier alpha value is -1.43. The molecule has 0 aliphatic carbocycles. The predicted octanol–water partition coefficient (Wildman–Crippen LogP) is 3.71. The van der Waals surface area contributed by atoms with E-state index in [2.05, 4.69) is 10.6 Å². The Morgan fingerprint density at radius 2 is 2.22 bits per heavy atom. The molecule has 3 heterocycles. The predicted molar refractivity (Wildman–Crippen MR) is 90.1 cm³/mol. The van der Waals surface area contributed by atoms with Gasteiger partial charge in [0.2, 0.25) is 0 Å². The SMILES string of the molecule is O=C(N[C@@H]1C[C@H]2CC[C@@H]1N2)c1ccc(Sc2cccc(Cl)c2)o1. The molecule has 2 aliphatic rings. The standard InChI is InChI=1S/C17H17ClN2O2S/c18-10-2-1-3-12(8-10)23-16-7-6-15(22-16)17(21)20-14-9-11-4-5-13(14)19-11/h1-3,6-8,11,13-14,19H,4-5,9H2,(H,20,21)/t11-,13+,14-/m1/s1. The lowest BCUT2D eigenvalue weighted by Crippen LogP contribution is -2.42. The molecule has 1 aromatic carbocycles. The molecular weight excluding hydrogens is 332 g/mol. The average molecular weight is 349 g/mol. The van der Waals surface area contributed by atoms with Crippen LogP contribution in [0.15, 0.2) is 50.8 Å². The fourth-order valence-corrected chi connectivity index (χ4v) is 4.45. The third-order valence-electron chi connectivity index (χ3n) is 4.44. The van der Waals surface area contributed by atoms with Crippen LogP contribution in [0, 0.1) is 0 Å². The first-order chi connectivity index (χ1) is 11.2. The summed E-state index contributed by atoms with van der Waals surface area (Å²) in [6, 6.07) is 12.3. The van der Waals surface area contributed by atoms with E-state index in [-0.39, 0.29) is 11.9 Å². The normalized spacial score (nSPS) is 25.7. The smallest absolute Gasteiger partial charge is 0.287 e. The average Bonchev–Trinajstić information content (AvgIpc) is 3.23. The molecule has 2 N–H and O–H groups in total. The lowest BCUT2D eigenvalue weighted by Gasteiger charge is -2.20. The summed E-state index contributed by atoms with van der Waals surface area (Å²) in [5.74, 6) is 0.222. The van der Waals surface area contributed by atoms with Crippen LogP contribution in [-0.2, 0) is 0 Å². The molecule has 2 aromatic rings. The third kappa shape index (κ3) is 3.27. The van der Waals surface area contributed by atoms with Crippen molar-refractivity contribution in [3.8, 4) is 0 Å². The topological polar surface area (TPSA) is 54.3 Å². The van der Waals surface area contributed by atoms with Gasteiger partial charge in [-0.1, -0.05) is 29.4 Å². The number of hydrogen-bond donors (Lipinski definition) is 2. The van der Waals surface area contributed by atoms with Gasteiger partial charge in [-0.3, -0.25) is 4.79 Å². The molecule has 1 aromatic heterocycles. The van der Waals surface area contributed by atoms with Crippen LogP contribution >= 0.6 is 23.4 Å². The van der Waals surface area contributed by atoms with Crippen LogP contribution in [0.1, 0.15) is 29.8 Å². The molecule has 2 fully saturated rings. The maximum atomic E-state index is 12.3. The minimum Gasteiger partial charge on any atom is -0.444 e. The van der Waals surface area contributed by atoms with Crippen molar-refractivity contribution < 1.29 is 9.21 Å². The Balaban J connectivity index is 1.40. The summed E-state index contributed by atoms with van der Waals surface area (Å²) in [6.07, 6.45) is 3.38. The van der Waals surface area contributed by atoms with Gasteiger partial charge in [0.25, 0.3) is 5.91 Å². The number of furan rings is 1. The molecule has 0 saturated carbocycles. The van der Waals surface area contributed by atoms with Crippen molar-refractivity contribution in [3.05, 3.63) is 47.2 Å². The van der Waals surface area contributed by atoms with Gasteiger partial charge < -0.3 is 15.1 Å². The van der Waals surface area contributed by atoms with E-state index in [0.717, 1.165) is 17.7 Å². The zero-order valence-corrected chi connectivity index (χ0v) is 14.0. The second kappa shape index (κ2) is 6.23. The van der Waals surface area contributed by atoms with E-state index < -0.39 is 0 Å². The molecule has 0 unspecified atom stereocenters. The zero-order chi connectivity index (χ0) is 15.8. The molecule has 2 aliphatic heterocycles. The van der Waals surface area contributed by atoms with Crippen molar-refractivity contribution in [2.75, 3.05) is 0 Å². The molecule has 1 amide bonds.